The normalized spacial score (nSPS) is 21.5. The van der Waals surface area contributed by atoms with E-state index >= 15 is 0 Å². The van der Waals surface area contributed by atoms with Crippen LogP contribution in [0.1, 0.15) is 57.1 Å². The van der Waals surface area contributed by atoms with Crippen LogP contribution in [0, 0.1) is 29.1 Å². The molecule has 8 rings (SSSR count). The summed E-state index contributed by atoms with van der Waals surface area (Å²) in [7, 11) is 0. The number of aromatic nitrogens is 3. The zero-order chi connectivity index (χ0) is 33.4. The van der Waals surface area contributed by atoms with Gasteiger partial charge in [0.2, 0.25) is 0 Å². The molecule has 6 aromatic rings. The second-order valence-electron chi connectivity index (χ2n) is 14.5. The molecule has 0 amide bonds. The summed E-state index contributed by atoms with van der Waals surface area (Å²) in [5, 5.41) is 10.6. The van der Waals surface area contributed by atoms with Gasteiger partial charge in [0, 0.05) is 22.3 Å². The van der Waals surface area contributed by atoms with Crippen molar-refractivity contribution in [3.05, 3.63) is 139 Å². The van der Waals surface area contributed by atoms with Crippen LogP contribution in [0.25, 0.3) is 56.4 Å². The third kappa shape index (κ3) is 6.07. The molecule has 4 heteroatoms. The second kappa shape index (κ2) is 12.9. The number of rotatable bonds is 6. The van der Waals surface area contributed by atoms with E-state index in [1.165, 1.54) is 48.8 Å². The average Bonchev–Trinajstić information content (AvgIpc) is 3.14. The number of benzene rings is 5. The number of nitriles is 1. The fourth-order valence-electron chi connectivity index (χ4n) is 8.97. The van der Waals surface area contributed by atoms with E-state index in [1.54, 1.807) is 0 Å². The monoisotopic (exact) mass is 636 g/mol. The lowest BCUT2D eigenvalue weighted by Crippen LogP contribution is -2.42. The van der Waals surface area contributed by atoms with Crippen LogP contribution < -0.4 is 0 Å². The van der Waals surface area contributed by atoms with Crippen molar-refractivity contribution in [2.75, 3.05) is 0 Å². The van der Waals surface area contributed by atoms with Gasteiger partial charge in [-0.05, 0) is 89.7 Å². The summed E-state index contributed by atoms with van der Waals surface area (Å²) < 4.78 is 0. The average molecular weight is 637 g/mol. The van der Waals surface area contributed by atoms with Gasteiger partial charge in [0.15, 0.2) is 17.5 Å². The van der Waals surface area contributed by atoms with Crippen LogP contribution in [0.3, 0.4) is 0 Å². The zero-order valence-corrected chi connectivity index (χ0v) is 28.2. The van der Waals surface area contributed by atoms with Gasteiger partial charge in [-0.1, -0.05) is 129 Å². The van der Waals surface area contributed by atoms with Crippen LogP contribution in [-0.2, 0) is 5.41 Å². The molecule has 2 saturated carbocycles. The minimum atomic E-state index is 0.218. The lowest BCUT2D eigenvalue weighted by molar-refractivity contribution is 0.0781. The summed E-state index contributed by atoms with van der Waals surface area (Å²) in [5.41, 5.74) is 9.24. The van der Waals surface area contributed by atoms with Crippen molar-refractivity contribution < 1.29 is 0 Å². The van der Waals surface area contributed by atoms with Gasteiger partial charge in [-0.25, -0.2) is 15.0 Å². The Morgan fingerprint density at radius 1 is 0.531 bits per heavy atom. The van der Waals surface area contributed by atoms with E-state index in [-0.39, 0.29) is 5.41 Å². The van der Waals surface area contributed by atoms with Crippen molar-refractivity contribution in [3.8, 4) is 62.5 Å². The van der Waals surface area contributed by atoms with Crippen LogP contribution >= 0.6 is 0 Å². The molecule has 0 radical (unpaired) electrons. The van der Waals surface area contributed by atoms with Crippen molar-refractivity contribution in [2.45, 2.75) is 51.4 Å². The van der Waals surface area contributed by atoms with Gasteiger partial charge in [0.25, 0.3) is 0 Å². The van der Waals surface area contributed by atoms with E-state index in [2.05, 4.69) is 74.5 Å². The highest BCUT2D eigenvalue weighted by molar-refractivity contribution is 5.87. The molecule has 2 unspecified atom stereocenters. The third-order valence-electron chi connectivity index (χ3n) is 10.7. The van der Waals surface area contributed by atoms with Gasteiger partial charge in [0.05, 0.1) is 11.6 Å². The Morgan fingerprint density at radius 2 is 1.04 bits per heavy atom. The number of nitrogens with zero attached hydrogens (tertiary/aromatic N) is 4. The van der Waals surface area contributed by atoms with Crippen LogP contribution in [0.15, 0.2) is 127 Å². The first-order valence-corrected chi connectivity index (χ1v) is 17.6. The van der Waals surface area contributed by atoms with Crippen LogP contribution in [0.4, 0.5) is 0 Å². The highest BCUT2D eigenvalue weighted by Crippen LogP contribution is 2.55. The molecule has 4 nitrogen and oxygen atoms in total. The molecule has 2 fully saturated rings. The van der Waals surface area contributed by atoms with Crippen molar-refractivity contribution in [1.29, 1.82) is 5.26 Å². The van der Waals surface area contributed by atoms with E-state index in [9.17, 15) is 5.26 Å². The Balaban J connectivity index is 1.25. The summed E-state index contributed by atoms with van der Waals surface area (Å²) in [6.45, 7) is 4.89. The second-order valence-corrected chi connectivity index (χ2v) is 14.5. The van der Waals surface area contributed by atoms with Crippen molar-refractivity contribution in [2.24, 2.45) is 17.8 Å². The molecule has 1 heterocycles. The Morgan fingerprint density at radius 3 is 1.59 bits per heavy atom. The van der Waals surface area contributed by atoms with Gasteiger partial charge in [-0.15, -0.1) is 0 Å². The van der Waals surface area contributed by atoms with E-state index in [4.69, 9.17) is 15.0 Å². The van der Waals surface area contributed by atoms with Gasteiger partial charge in [-0.2, -0.15) is 5.26 Å². The van der Waals surface area contributed by atoms with Crippen molar-refractivity contribution in [1.82, 2.24) is 15.0 Å². The maximum Gasteiger partial charge on any atom is 0.164 e. The largest absolute Gasteiger partial charge is 0.208 e. The van der Waals surface area contributed by atoms with Crippen LogP contribution in [0.2, 0.25) is 0 Å². The summed E-state index contributed by atoms with van der Waals surface area (Å²) in [5.74, 6) is 4.04. The van der Waals surface area contributed by atoms with Crippen LogP contribution in [0.5, 0.6) is 0 Å². The summed E-state index contributed by atoms with van der Waals surface area (Å²) in [4.78, 5) is 14.7. The molecule has 240 valence electrons. The molecule has 2 aliphatic carbocycles. The minimum absolute atomic E-state index is 0.218. The highest BCUT2D eigenvalue weighted by atomic mass is 15.0. The molecule has 4 atom stereocenters. The van der Waals surface area contributed by atoms with E-state index in [1.807, 2.05) is 72.8 Å². The lowest BCUT2D eigenvalue weighted by atomic mass is 9.54. The lowest BCUT2D eigenvalue weighted by Gasteiger charge is -2.50. The van der Waals surface area contributed by atoms with Gasteiger partial charge in [-0.3, -0.25) is 0 Å². The van der Waals surface area contributed by atoms with E-state index < -0.39 is 0 Å². The number of hydrogen-bond acceptors (Lipinski definition) is 4. The zero-order valence-electron chi connectivity index (χ0n) is 28.2. The first-order chi connectivity index (χ1) is 24.0. The SMILES string of the molecule is C[C@@H]1CC2C[C@H](C)CC(c3ccc(-c4ccc(-c5nc(-c6ccccc6)nc(-c6ccccc6)n5)cc4C#N)c(-c4ccccc4)c3)(C2)C1. The fourth-order valence-corrected chi connectivity index (χ4v) is 8.97. The fraction of sp³-hybridized carbons (Fsp3) is 0.244. The molecule has 1 aromatic heterocycles. The predicted octanol–water partition coefficient (Wildman–Crippen LogP) is 11.2. The third-order valence-corrected chi connectivity index (χ3v) is 10.7. The van der Waals surface area contributed by atoms with Gasteiger partial charge >= 0.3 is 0 Å². The molecular weight excluding hydrogens is 597 g/mol. The number of hydrogen-bond donors (Lipinski definition) is 0. The number of fused-ring (bicyclic) bond motifs is 2. The molecule has 0 saturated heterocycles. The molecule has 0 N–H and O–H groups in total. The smallest absolute Gasteiger partial charge is 0.164 e. The Labute approximate surface area is 289 Å². The molecule has 0 aliphatic heterocycles. The molecule has 2 aliphatic rings. The Kier molecular flexibility index (Phi) is 8.14. The van der Waals surface area contributed by atoms with Crippen molar-refractivity contribution in [3.63, 3.8) is 0 Å². The first kappa shape index (κ1) is 30.9. The summed E-state index contributed by atoms with van der Waals surface area (Å²) in [6.07, 6.45) is 6.50. The predicted molar refractivity (Wildman–Crippen MR) is 198 cm³/mol. The summed E-state index contributed by atoms with van der Waals surface area (Å²) in [6, 6.07) is 46.3. The van der Waals surface area contributed by atoms with Crippen LogP contribution in [-0.4, -0.2) is 15.0 Å². The van der Waals surface area contributed by atoms with Gasteiger partial charge in [0.1, 0.15) is 0 Å². The van der Waals surface area contributed by atoms with E-state index in [0.717, 1.165) is 45.6 Å². The maximum atomic E-state index is 10.6. The molecular formula is C45H40N4. The topological polar surface area (TPSA) is 62.5 Å². The van der Waals surface area contributed by atoms with E-state index in [0.29, 0.717) is 23.0 Å². The molecule has 49 heavy (non-hydrogen) atoms. The highest BCUT2D eigenvalue weighted by Gasteiger charge is 2.45. The molecule has 2 bridgehead atoms. The van der Waals surface area contributed by atoms with Gasteiger partial charge < -0.3 is 0 Å². The molecule has 5 aromatic carbocycles. The summed E-state index contributed by atoms with van der Waals surface area (Å²) >= 11 is 0. The maximum absolute atomic E-state index is 10.6. The minimum Gasteiger partial charge on any atom is -0.208 e. The molecule has 0 spiro atoms. The first-order valence-electron chi connectivity index (χ1n) is 17.6. The Bertz CT molecular complexity index is 2070. The standard InChI is InChI=1S/C45H40N4/c1-30-22-32-23-31(2)27-45(26-30,28-32)38-19-21-40(41(25-38)33-12-6-3-7-13-33)39-20-18-36(24-37(39)29-46)44-48-42(34-14-8-4-9-15-34)47-43(49-44)35-16-10-5-11-17-35/h3-21,24-25,30-32H,22-23,26-28H2,1-2H3/t30-,31+,32?,45?. The van der Waals surface area contributed by atoms with Crippen molar-refractivity contribution >= 4 is 0 Å². The Hall–Kier alpha value is -5.40. The quantitative estimate of drug-likeness (QED) is 0.182.